The molecule has 0 spiro atoms. The zero-order chi connectivity index (χ0) is 7.11. The molecule has 0 unspecified atom stereocenters. The number of carbonyl (C=O) groups excluding carboxylic acids is 1. The van der Waals surface area contributed by atoms with Crippen LogP contribution in [0.2, 0.25) is 0 Å². The van der Waals surface area contributed by atoms with Gasteiger partial charge in [-0.3, -0.25) is 4.79 Å². The van der Waals surface area contributed by atoms with Crippen LogP contribution in [0.25, 0.3) is 0 Å². The average molecular weight is 146 g/mol. The third-order valence-electron chi connectivity index (χ3n) is 0.593. The molecule has 0 rings (SSSR count). The van der Waals surface area contributed by atoms with Crippen LogP contribution in [-0.2, 0) is 9.53 Å². The Morgan fingerprint density at radius 2 is 2.44 bits per heavy atom. The molecule has 0 saturated carbocycles. The van der Waals surface area contributed by atoms with Crippen LogP contribution in [-0.4, -0.2) is 18.0 Å². The Morgan fingerprint density at radius 1 is 1.78 bits per heavy atom. The molecule has 52 valence electrons. The summed E-state index contributed by atoms with van der Waals surface area (Å²) in [7, 11) is 0. The molecule has 0 atom stereocenters. The predicted octanol–water partition coefficient (Wildman–Crippen LogP) is 1.43. The van der Waals surface area contributed by atoms with Crippen molar-refractivity contribution < 1.29 is 9.53 Å². The summed E-state index contributed by atoms with van der Waals surface area (Å²) in [6, 6.07) is 0. The number of hydrogen-bond donors (Lipinski definition) is 0. The molecule has 0 aliphatic carbocycles. The van der Waals surface area contributed by atoms with Crippen molar-refractivity contribution in [1.82, 2.24) is 0 Å². The van der Waals surface area contributed by atoms with Crippen LogP contribution in [0.1, 0.15) is 6.92 Å². The highest BCUT2D eigenvalue weighted by atomic mass is 32.2. The molecule has 0 amide bonds. The second-order valence-corrected chi connectivity index (χ2v) is 2.35. The van der Waals surface area contributed by atoms with Gasteiger partial charge in [0.25, 0.3) is 0 Å². The van der Waals surface area contributed by atoms with Gasteiger partial charge in [0, 0.05) is 12.7 Å². The highest BCUT2D eigenvalue weighted by Gasteiger charge is 1.82. The molecule has 2 nitrogen and oxygen atoms in total. The minimum atomic E-state index is -0.271. The minimum Gasteiger partial charge on any atom is -0.435 e. The van der Waals surface area contributed by atoms with E-state index >= 15 is 0 Å². The van der Waals surface area contributed by atoms with Crippen molar-refractivity contribution in [3.63, 3.8) is 0 Å². The maximum absolute atomic E-state index is 10.1. The summed E-state index contributed by atoms with van der Waals surface area (Å²) in [5.74, 6) is 0.611. The van der Waals surface area contributed by atoms with E-state index in [4.69, 9.17) is 0 Å². The van der Waals surface area contributed by atoms with Gasteiger partial charge < -0.3 is 4.74 Å². The Morgan fingerprint density at radius 3 is 2.89 bits per heavy atom. The third-order valence-corrected chi connectivity index (χ3v) is 1.12. The number of esters is 1. The quantitative estimate of drug-likeness (QED) is 0.445. The minimum absolute atomic E-state index is 0.271. The van der Waals surface area contributed by atoms with Gasteiger partial charge in [-0.15, -0.1) is 0 Å². The second-order valence-electron chi connectivity index (χ2n) is 1.44. The maximum atomic E-state index is 10.1. The number of rotatable bonds is 3. The summed E-state index contributed by atoms with van der Waals surface area (Å²) in [4.78, 5) is 10.1. The highest BCUT2D eigenvalue weighted by Crippen LogP contribution is 1.91. The van der Waals surface area contributed by atoms with Crippen LogP contribution in [0.15, 0.2) is 12.3 Å². The average Bonchev–Trinajstić information content (AvgIpc) is 1.80. The van der Waals surface area contributed by atoms with Gasteiger partial charge >= 0.3 is 5.97 Å². The van der Waals surface area contributed by atoms with Crippen LogP contribution in [0, 0.1) is 0 Å². The summed E-state index contributed by atoms with van der Waals surface area (Å²) in [6.45, 7) is 1.38. The maximum Gasteiger partial charge on any atom is 0.307 e. The zero-order valence-corrected chi connectivity index (χ0v) is 6.40. The van der Waals surface area contributed by atoms with Crippen molar-refractivity contribution in [1.29, 1.82) is 0 Å². The topological polar surface area (TPSA) is 26.3 Å². The molecule has 0 aliphatic rings. The van der Waals surface area contributed by atoms with Gasteiger partial charge in [-0.2, -0.15) is 11.8 Å². The number of ether oxygens (including phenoxy) is 1. The lowest BCUT2D eigenvalue weighted by Crippen LogP contribution is -1.89. The molecule has 0 aromatic heterocycles. The smallest absolute Gasteiger partial charge is 0.307 e. The first kappa shape index (κ1) is 8.56. The van der Waals surface area contributed by atoms with E-state index < -0.39 is 0 Å². The first-order valence-electron chi connectivity index (χ1n) is 2.58. The molecule has 0 bridgehead atoms. The van der Waals surface area contributed by atoms with E-state index in [0.717, 1.165) is 5.75 Å². The van der Waals surface area contributed by atoms with E-state index in [9.17, 15) is 4.79 Å². The van der Waals surface area contributed by atoms with Crippen LogP contribution in [0.3, 0.4) is 0 Å². The highest BCUT2D eigenvalue weighted by molar-refractivity contribution is 7.98. The Kier molecular flexibility index (Phi) is 5.41. The molecule has 0 saturated heterocycles. The van der Waals surface area contributed by atoms with Crippen LogP contribution < -0.4 is 0 Å². The lowest BCUT2D eigenvalue weighted by Gasteiger charge is -1.88. The summed E-state index contributed by atoms with van der Waals surface area (Å²) < 4.78 is 4.51. The third kappa shape index (κ3) is 7.56. The number of hydrogen-bond acceptors (Lipinski definition) is 3. The van der Waals surface area contributed by atoms with Gasteiger partial charge in [0.1, 0.15) is 0 Å². The fourth-order valence-corrected chi connectivity index (χ4v) is 0.550. The fraction of sp³-hybridized carbons (Fsp3) is 0.500. The van der Waals surface area contributed by atoms with E-state index in [-0.39, 0.29) is 5.97 Å². The molecule has 0 fully saturated rings. The van der Waals surface area contributed by atoms with Gasteiger partial charge in [0.2, 0.25) is 0 Å². The molecule has 0 N–H and O–H groups in total. The van der Waals surface area contributed by atoms with Crippen molar-refractivity contribution in [2.24, 2.45) is 0 Å². The molecule has 0 radical (unpaired) electrons. The van der Waals surface area contributed by atoms with Crippen LogP contribution in [0.4, 0.5) is 0 Å². The number of thioether (sulfide) groups is 1. The molecule has 0 aromatic carbocycles. The van der Waals surface area contributed by atoms with Gasteiger partial charge in [-0.25, -0.2) is 0 Å². The van der Waals surface area contributed by atoms with E-state index in [1.54, 1.807) is 17.8 Å². The Bertz CT molecular complexity index is 110. The Hall–Kier alpha value is -0.440. The molecule has 0 heterocycles. The van der Waals surface area contributed by atoms with Crippen molar-refractivity contribution in [2.75, 3.05) is 12.0 Å². The Labute approximate surface area is 59.3 Å². The monoisotopic (exact) mass is 146 g/mol. The lowest BCUT2D eigenvalue weighted by atomic mass is 10.7. The summed E-state index contributed by atoms with van der Waals surface area (Å²) in [6.07, 6.45) is 5.20. The van der Waals surface area contributed by atoms with Crippen LogP contribution in [0.5, 0.6) is 0 Å². The molecular formula is C6H10O2S. The molecule has 0 aliphatic heterocycles. The summed E-state index contributed by atoms with van der Waals surface area (Å²) in [5, 5.41) is 0. The molecular weight excluding hydrogens is 136 g/mol. The first-order chi connectivity index (χ1) is 4.27. The lowest BCUT2D eigenvalue weighted by molar-refractivity contribution is -0.135. The molecule has 3 heteroatoms. The van der Waals surface area contributed by atoms with E-state index in [2.05, 4.69) is 4.74 Å². The van der Waals surface area contributed by atoms with E-state index in [1.165, 1.54) is 13.2 Å². The zero-order valence-electron chi connectivity index (χ0n) is 5.59. The Balaban J connectivity index is 3.14. The molecule has 0 aromatic rings. The standard InChI is InChI=1S/C6H10O2S/c1-6(7)8-4-3-5-9-2/h3-4H,5H2,1-2H3/b4-3+. The van der Waals surface area contributed by atoms with E-state index in [0.29, 0.717) is 0 Å². The van der Waals surface area contributed by atoms with Gasteiger partial charge in [-0.05, 0) is 12.3 Å². The van der Waals surface area contributed by atoms with Crippen molar-refractivity contribution in [3.05, 3.63) is 12.3 Å². The first-order valence-corrected chi connectivity index (χ1v) is 3.98. The SMILES string of the molecule is CSC/C=C/OC(C)=O. The summed E-state index contributed by atoms with van der Waals surface area (Å²) in [5.41, 5.74) is 0. The normalized spacial score (nSPS) is 10.0. The fourth-order valence-electron chi connectivity index (χ4n) is 0.279. The van der Waals surface area contributed by atoms with Gasteiger partial charge in [-0.1, -0.05) is 0 Å². The van der Waals surface area contributed by atoms with Crippen molar-refractivity contribution >= 4 is 17.7 Å². The summed E-state index contributed by atoms with van der Waals surface area (Å²) >= 11 is 1.68. The largest absolute Gasteiger partial charge is 0.435 e. The van der Waals surface area contributed by atoms with Crippen molar-refractivity contribution in [2.45, 2.75) is 6.92 Å². The predicted molar refractivity (Wildman–Crippen MR) is 39.3 cm³/mol. The molecule has 9 heavy (non-hydrogen) atoms. The van der Waals surface area contributed by atoms with Crippen LogP contribution >= 0.6 is 11.8 Å². The van der Waals surface area contributed by atoms with Crippen molar-refractivity contribution in [3.8, 4) is 0 Å². The van der Waals surface area contributed by atoms with Gasteiger partial charge in [0.05, 0.1) is 6.26 Å². The number of carbonyl (C=O) groups is 1. The second kappa shape index (κ2) is 5.69. The van der Waals surface area contributed by atoms with Gasteiger partial charge in [0.15, 0.2) is 0 Å². The van der Waals surface area contributed by atoms with E-state index in [1.807, 2.05) is 6.26 Å².